The molecule has 2 N–H and O–H groups in total. The van der Waals surface area contributed by atoms with E-state index in [1.54, 1.807) is 0 Å². The van der Waals surface area contributed by atoms with Gasteiger partial charge in [-0.15, -0.1) is 0 Å². The molecule has 6 aromatic rings. The Morgan fingerprint density at radius 1 is 0.795 bits per heavy atom. The summed E-state index contributed by atoms with van der Waals surface area (Å²) in [5, 5.41) is 3.60. The minimum absolute atomic E-state index is 0.0334. The molecule has 0 amide bonds. The van der Waals surface area contributed by atoms with E-state index < -0.39 is 0 Å². The summed E-state index contributed by atoms with van der Waals surface area (Å²) in [5.74, 6) is 0.369. The van der Waals surface area contributed by atoms with Crippen LogP contribution in [0.3, 0.4) is 0 Å². The van der Waals surface area contributed by atoms with Crippen molar-refractivity contribution in [1.29, 1.82) is 0 Å². The number of hydrogen-bond acceptors (Lipinski definition) is 2. The third kappa shape index (κ3) is 4.79. The smallest absolute Gasteiger partial charge is 0.157 e. The zero-order valence-electron chi connectivity index (χ0n) is 21.9. The summed E-state index contributed by atoms with van der Waals surface area (Å²) in [4.78, 5) is 9.65. The summed E-state index contributed by atoms with van der Waals surface area (Å²) < 4.78 is 20.7. The lowest BCUT2D eigenvalue weighted by Crippen LogP contribution is -2.18. The number of benzene rings is 5. The Hall–Kier alpha value is -4.77. The molecule has 5 heteroatoms. The van der Waals surface area contributed by atoms with E-state index in [1.807, 2.05) is 67.6 Å². The Bertz CT molecular complexity index is 1890. The van der Waals surface area contributed by atoms with Crippen molar-refractivity contribution in [3.05, 3.63) is 120 Å². The monoisotopic (exact) mass is 513 g/mol. The van der Waals surface area contributed by atoms with Crippen molar-refractivity contribution in [2.45, 2.75) is 26.3 Å². The van der Waals surface area contributed by atoms with Crippen LogP contribution in [0, 0.1) is 5.82 Å². The van der Waals surface area contributed by atoms with Crippen molar-refractivity contribution in [3.63, 3.8) is 0 Å². The molecule has 0 aliphatic rings. The van der Waals surface area contributed by atoms with Crippen LogP contribution >= 0.6 is 0 Å². The lowest BCUT2D eigenvalue weighted by atomic mass is 10.0. The van der Waals surface area contributed by atoms with E-state index in [1.165, 1.54) is 12.1 Å². The Balaban J connectivity index is 1.47. The molecule has 1 atom stereocenters. The van der Waals surface area contributed by atoms with E-state index in [0.717, 1.165) is 55.8 Å². The van der Waals surface area contributed by atoms with Crippen molar-refractivity contribution in [2.24, 2.45) is 15.7 Å². The second-order valence-electron chi connectivity index (χ2n) is 9.77. The molecule has 0 radical (unpaired) electrons. The summed E-state index contributed by atoms with van der Waals surface area (Å²) in [6.45, 7) is 4.12. The zero-order valence-corrected chi connectivity index (χ0v) is 21.9. The molecule has 1 heterocycles. The van der Waals surface area contributed by atoms with E-state index in [9.17, 15) is 4.39 Å². The molecular formula is C34H28FN3O. The second kappa shape index (κ2) is 10.2. The summed E-state index contributed by atoms with van der Waals surface area (Å²) in [5.41, 5.74) is 11.7. The molecule has 0 saturated carbocycles. The molecule has 0 fully saturated rings. The highest BCUT2D eigenvalue weighted by Crippen LogP contribution is 2.33. The van der Waals surface area contributed by atoms with Gasteiger partial charge in [0.25, 0.3) is 0 Å². The maximum Gasteiger partial charge on any atom is 0.157 e. The zero-order chi connectivity index (χ0) is 26.9. The first-order valence-corrected chi connectivity index (χ1v) is 13.1. The van der Waals surface area contributed by atoms with Crippen LogP contribution in [0.5, 0.6) is 0 Å². The second-order valence-corrected chi connectivity index (χ2v) is 9.77. The van der Waals surface area contributed by atoms with Crippen LogP contribution in [0.25, 0.3) is 43.8 Å². The third-order valence-electron chi connectivity index (χ3n) is 7.10. The van der Waals surface area contributed by atoms with E-state index in [-0.39, 0.29) is 17.7 Å². The number of fused-ring (bicyclic) bond motifs is 4. The molecule has 4 nitrogen and oxygen atoms in total. The van der Waals surface area contributed by atoms with Crippen molar-refractivity contribution >= 4 is 44.4 Å². The average Bonchev–Trinajstić information content (AvgIpc) is 3.33. The molecule has 5 aromatic carbocycles. The first-order chi connectivity index (χ1) is 19.0. The molecule has 39 heavy (non-hydrogen) atoms. The average molecular weight is 514 g/mol. The molecule has 0 unspecified atom stereocenters. The Morgan fingerprint density at radius 2 is 1.59 bits per heavy atom. The van der Waals surface area contributed by atoms with E-state index in [0.29, 0.717) is 11.4 Å². The topological polar surface area (TPSA) is 63.9 Å². The van der Waals surface area contributed by atoms with Crippen LogP contribution in [0.15, 0.2) is 118 Å². The fourth-order valence-corrected chi connectivity index (χ4v) is 4.85. The molecule has 1 aromatic heterocycles. The van der Waals surface area contributed by atoms with Crippen LogP contribution in [0.4, 0.5) is 4.39 Å². The highest BCUT2D eigenvalue weighted by atomic mass is 19.1. The highest BCUT2D eigenvalue weighted by Gasteiger charge is 2.14. The van der Waals surface area contributed by atoms with Crippen LogP contribution in [0.2, 0.25) is 0 Å². The van der Waals surface area contributed by atoms with Crippen LogP contribution < -0.4 is 5.73 Å². The van der Waals surface area contributed by atoms with Gasteiger partial charge in [-0.2, -0.15) is 0 Å². The standard InChI is InChI=1S/C34H28FN3O/c1-3-21(2)37-34(38-33(36)30-20-26(35)17-24-11-7-8-12-27(24)30)25-14-16-31-29(18-25)28-15-13-23(19-32(28)39-31)22-9-5-4-6-10-22/h4-21H,3H2,1-2H3,(H2,36,37,38)/t21-/m0/s1. The van der Waals surface area contributed by atoms with E-state index in [4.69, 9.17) is 20.1 Å². The van der Waals surface area contributed by atoms with Crippen molar-refractivity contribution in [3.8, 4) is 11.1 Å². The quantitative estimate of drug-likeness (QED) is 0.186. The fourth-order valence-electron chi connectivity index (χ4n) is 4.85. The van der Waals surface area contributed by atoms with Crippen molar-refractivity contribution < 1.29 is 8.81 Å². The van der Waals surface area contributed by atoms with Gasteiger partial charge >= 0.3 is 0 Å². The Morgan fingerprint density at radius 3 is 2.41 bits per heavy atom. The fraction of sp³-hybridized carbons (Fsp3) is 0.118. The number of nitrogens with zero attached hydrogens (tertiary/aromatic N) is 2. The summed E-state index contributed by atoms with van der Waals surface area (Å²) in [7, 11) is 0. The molecule has 0 spiro atoms. The first-order valence-electron chi connectivity index (χ1n) is 13.1. The van der Waals surface area contributed by atoms with Gasteiger partial charge in [-0.05, 0) is 77.7 Å². The van der Waals surface area contributed by atoms with Gasteiger partial charge in [0.1, 0.15) is 22.8 Å². The number of rotatable bonds is 5. The maximum absolute atomic E-state index is 14.5. The molecule has 0 saturated heterocycles. The molecule has 0 aliphatic carbocycles. The lowest BCUT2D eigenvalue weighted by molar-refractivity contribution is 0.629. The van der Waals surface area contributed by atoms with Gasteiger partial charge in [-0.25, -0.2) is 9.38 Å². The maximum atomic E-state index is 14.5. The summed E-state index contributed by atoms with van der Waals surface area (Å²) in [6, 6.07) is 33.0. The summed E-state index contributed by atoms with van der Waals surface area (Å²) in [6.07, 6.45) is 0.848. The Kier molecular flexibility index (Phi) is 6.41. The van der Waals surface area contributed by atoms with Crippen LogP contribution in [-0.4, -0.2) is 17.7 Å². The summed E-state index contributed by atoms with van der Waals surface area (Å²) >= 11 is 0. The van der Waals surface area contributed by atoms with Gasteiger partial charge in [0.2, 0.25) is 0 Å². The number of amidine groups is 2. The van der Waals surface area contributed by atoms with Gasteiger partial charge in [-0.1, -0.05) is 67.6 Å². The number of furan rings is 1. The van der Waals surface area contributed by atoms with E-state index >= 15 is 0 Å². The van der Waals surface area contributed by atoms with Crippen molar-refractivity contribution in [1.82, 2.24) is 0 Å². The SMILES string of the molecule is CC[C@H](C)N=C(N=C(N)c1cc(F)cc2ccccc12)c1ccc2oc3cc(-c4ccccc4)ccc3c2c1. The predicted molar refractivity (Wildman–Crippen MR) is 160 cm³/mol. The minimum atomic E-state index is -0.358. The van der Waals surface area contributed by atoms with Crippen molar-refractivity contribution in [2.75, 3.05) is 0 Å². The van der Waals surface area contributed by atoms with Crippen LogP contribution in [0.1, 0.15) is 31.4 Å². The van der Waals surface area contributed by atoms with Gasteiger partial charge in [-0.3, -0.25) is 4.99 Å². The normalized spacial score (nSPS) is 13.4. The molecular weight excluding hydrogens is 485 g/mol. The number of hydrogen-bond donors (Lipinski definition) is 1. The molecule has 0 aliphatic heterocycles. The lowest BCUT2D eigenvalue weighted by Gasteiger charge is -2.10. The highest BCUT2D eigenvalue weighted by molar-refractivity contribution is 6.17. The van der Waals surface area contributed by atoms with Gasteiger partial charge < -0.3 is 10.2 Å². The van der Waals surface area contributed by atoms with E-state index in [2.05, 4.69) is 37.3 Å². The number of nitrogens with two attached hydrogens (primary N) is 1. The van der Waals surface area contributed by atoms with Crippen LogP contribution in [-0.2, 0) is 0 Å². The number of halogens is 1. The third-order valence-corrected chi connectivity index (χ3v) is 7.10. The van der Waals surface area contributed by atoms with Gasteiger partial charge in [0.05, 0.1) is 0 Å². The molecule has 0 bridgehead atoms. The number of aliphatic imine (C=N–C) groups is 2. The largest absolute Gasteiger partial charge is 0.456 e. The van der Waals surface area contributed by atoms with Gasteiger partial charge in [0.15, 0.2) is 5.84 Å². The minimum Gasteiger partial charge on any atom is -0.456 e. The molecule has 6 rings (SSSR count). The molecule has 192 valence electrons. The Labute approximate surface area is 226 Å². The predicted octanol–water partition coefficient (Wildman–Crippen LogP) is 8.50. The first kappa shape index (κ1) is 24.6. The van der Waals surface area contributed by atoms with Gasteiger partial charge in [0, 0.05) is 27.9 Å².